The summed E-state index contributed by atoms with van der Waals surface area (Å²) >= 11 is 0. The summed E-state index contributed by atoms with van der Waals surface area (Å²) < 4.78 is 65.8. The van der Waals surface area contributed by atoms with Crippen molar-refractivity contribution < 1.29 is 40.8 Å². The van der Waals surface area contributed by atoms with Crippen molar-refractivity contribution in [1.29, 1.82) is 0 Å². The third-order valence-corrected chi connectivity index (χ3v) is 8.10. The van der Waals surface area contributed by atoms with Gasteiger partial charge in [0.05, 0.1) is 0 Å². The van der Waals surface area contributed by atoms with E-state index in [2.05, 4.69) is 4.74 Å². The van der Waals surface area contributed by atoms with Crippen LogP contribution in [0.2, 0.25) is 0 Å². The Morgan fingerprint density at radius 2 is 1.85 bits per heavy atom. The fourth-order valence-electron chi connectivity index (χ4n) is 6.37. The average Bonchev–Trinajstić information content (AvgIpc) is 3.02. The van der Waals surface area contributed by atoms with Crippen LogP contribution in [0, 0.1) is 29.1 Å². The predicted molar refractivity (Wildman–Crippen MR) is 81.4 cm³/mol. The van der Waals surface area contributed by atoms with Gasteiger partial charge in [-0.15, -0.1) is 0 Å². The molecule has 4 saturated carbocycles. The number of rotatable bonds is 5. The number of carbonyl (C=O) groups excluding carboxylic acids is 2. The van der Waals surface area contributed by atoms with Crippen LogP contribution in [0.4, 0.5) is 8.78 Å². The minimum Gasteiger partial charge on any atom is -0.456 e. The zero-order valence-electron chi connectivity index (χ0n) is 14.3. The second-order valence-corrected chi connectivity index (χ2v) is 9.80. The maximum atomic E-state index is 13.2. The number of hydrogen-bond acceptors (Lipinski definition) is 6. The molecule has 1 spiro atoms. The van der Waals surface area contributed by atoms with Crippen molar-refractivity contribution in [2.75, 3.05) is 0 Å². The second kappa shape index (κ2) is 4.95. The Kier molecular flexibility index (Phi) is 3.44. The van der Waals surface area contributed by atoms with Crippen molar-refractivity contribution in [3.05, 3.63) is 0 Å². The molecule has 0 amide bonds. The highest BCUT2D eigenvalue weighted by atomic mass is 32.2. The third-order valence-electron chi connectivity index (χ3n) is 7.29. The highest BCUT2D eigenvalue weighted by molar-refractivity contribution is 7.87. The molecular weight excluding hydrogens is 374 g/mol. The molecule has 7 nitrogen and oxygen atoms in total. The summed E-state index contributed by atoms with van der Waals surface area (Å²) in [5.41, 5.74) is -0.438. The fraction of sp³-hybridized carbons (Fsp3) is 0.875. The lowest BCUT2D eigenvalue weighted by molar-refractivity contribution is -0.321. The van der Waals surface area contributed by atoms with Crippen LogP contribution >= 0.6 is 0 Å². The molecule has 4 aliphatic carbocycles. The van der Waals surface area contributed by atoms with Crippen LogP contribution in [0.5, 0.6) is 0 Å². The second-order valence-electron chi connectivity index (χ2n) is 8.34. The van der Waals surface area contributed by atoms with Gasteiger partial charge in [0.15, 0.2) is 6.10 Å². The number of carbonyl (C=O) groups is 2. The lowest BCUT2D eigenvalue weighted by Gasteiger charge is -2.74. The van der Waals surface area contributed by atoms with E-state index in [0.717, 1.165) is 26.2 Å². The first-order chi connectivity index (χ1) is 11.8. The number of fused-ring (bicyclic) bond motifs is 1. The molecular formula is C16H20F2O7S. The molecule has 4 rings (SSSR count). The molecule has 0 aromatic carbocycles. The van der Waals surface area contributed by atoms with Crippen LogP contribution in [-0.2, 0) is 29.2 Å². The minimum absolute atomic E-state index is 0.239. The topological polar surface area (TPSA) is 107 Å². The summed E-state index contributed by atoms with van der Waals surface area (Å²) in [5, 5.41) is -5.14. The first kappa shape index (κ1) is 18.1. The normalized spacial score (nSPS) is 43.7. The van der Waals surface area contributed by atoms with E-state index in [1.54, 1.807) is 0 Å². The van der Waals surface area contributed by atoms with Crippen molar-refractivity contribution in [3.8, 4) is 0 Å². The van der Waals surface area contributed by atoms with E-state index < -0.39 is 39.0 Å². The lowest BCUT2D eigenvalue weighted by Crippen LogP contribution is -2.76. The molecule has 146 valence electrons. The van der Waals surface area contributed by atoms with Crippen LogP contribution in [0.1, 0.15) is 39.5 Å². The van der Waals surface area contributed by atoms with Gasteiger partial charge in [-0.05, 0) is 56.8 Å². The maximum Gasteiger partial charge on any atom is 0.465 e. The van der Waals surface area contributed by atoms with E-state index in [1.165, 1.54) is 6.42 Å². The summed E-state index contributed by atoms with van der Waals surface area (Å²) in [7, 11) is -5.98. The van der Waals surface area contributed by atoms with Crippen molar-refractivity contribution in [2.24, 2.45) is 29.1 Å². The van der Waals surface area contributed by atoms with E-state index in [1.807, 2.05) is 6.92 Å². The Labute approximate surface area is 149 Å². The molecule has 7 unspecified atom stereocenters. The van der Waals surface area contributed by atoms with Gasteiger partial charge in [-0.25, -0.2) is 9.59 Å². The predicted octanol–water partition coefficient (Wildman–Crippen LogP) is 1.77. The minimum atomic E-state index is -5.98. The van der Waals surface area contributed by atoms with Gasteiger partial charge in [-0.2, -0.15) is 17.2 Å². The zero-order valence-corrected chi connectivity index (χ0v) is 15.1. The summed E-state index contributed by atoms with van der Waals surface area (Å²) in [4.78, 5) is 23.6. The summed E-state index contributed by atoms with van der Waals surface area (Å²) in [6, 6.07) is 0. The number of esters is 2. The zero-order chi connectivity index (χ0) is 19.3. The Bertz CT molecular complexity index is 796. The molecule has 0 aromatic heterocycles. The number of halogens is 2. The van der Waals surface area contributed by atoms with Crippen molar-refractivity contribution in [1.82, 2.24) is 0 Å². The van der Waals surface area contributed by atoms with Gasteiger partial charge in [-0.3, -0.25) is 4.55 Å². The van der Waals surface area contributed by atoms with Gasteiger partial charge in [-0.1, -0.05) is 0 Å². The summed E-state index contributed by atoms with van der Waals surface area (Å²) in [6.45, 7) is 2.87. The van der Waals surface area contributed by atoms with Crippen LogP contribution in [0.3, 0.4) is 0 Å². The number of ether oxygens (including phenoxy) is 2. The molecule has 26 heavy (non-hydrogen) atoms. The molecule has 0 heterocycles. The van der Waals surface area contributed by atoms with E-state index in [4.69, 9.17) is 9.29 Å². The molecule has 0 saturated heterocycles. The van der Waals surface area contributed by atoms with Crippen molar-refractivity contribution >= 4 is 22.1 Å². The molecule has 10 heteroatoms. The Morgan fingerprint density at radius 1 is 1.23 bits per heavy atom. The molecule has 0 aromatic rings. The molecule has 0 aliphatic heterocycles. The highest BCUT2D eigenvalue weighted by Gasteiger charge is 2.83. The number of hydrogen-bond donors (Lipinski definition) is 1. The first-order valence-electron chi connectivity index (χ1n) is 8.63. The standard InChI is InChI=1S/C16H20F2O7S/c1-7(24-13(20)16(17,18)26(21,22)23)12(19)25-14(2)10-4-8-3-9-5-11(14)15(9,10)6-8/h7-11H,3-6H2,1-2H3,(H,21,22,23). The van der Waals surface area contributed by atoms with Crippen LogP contribution in [-0.4, -0.2) is 41.9 Å². The summed E-state index contributed by atoms with van der Waals surface area (Å²) in [5.74, 6) is -1.69. The van der Waals surface area contributed by atoms with E-state index in [9.17, 15) is 26.8 Å². The van der Waals surface area contributed by atoms with Crippen LogP contribution in [0.15, 0.2) is 0 Å². The fourth-order valence-corrected chi connectivity index (χ4v) is 6.62. The lowest BCUT2D eigenvalue weighted by atomic mass is 9.32. The van der Waals surface area contributed by atoms with Gasteiger partial charge in [0, 0.05) is 11.8 Å². The molecule has 4 fully saturated rings. The Hall–Kier alpha value is -1.29. The monoisotopic (exact) mass is 394 g/mol. The quantitative estimate of drug-likeness (QED) is 0.559. The van der Waals surface area contributed by atoms with Gasteiger partial charge in [0.25, 0.3) is 0 Å². The Morgan fingerprint density at radius 3 is 2.42 bits per heavy atom. The summed E-state index contributed by atoms with van der Waals surface area (Å²) in [6.07, 6.45) is 2.64. The third kappa shape index (κ3) is 1.97. The molecule has 2 bridgehead atoms. The maximum absolute atomic E-state index is 13.2. The largest absolute Gasteiger partial charge is 0.465 e. The SMILES string of the molecule is CC(OC(=O)C(F)(F)S(=O)(=O)O)C(=O)OC1(C)C2CC3CC4CC1C42C3. The average molecular weight is 394 g/mol. The molecule has 1 N–H and O–H groups in total. The van der Waals surface area contributed by atoms with Crippen LogP contribution in [0.25, 0.3) is 0 Å². The highest BCUT2D eigenvalue weighted by Crippen LogP contribution is 2.84. The van der Waals surface area contributed by atoms with Gasteiger partial charge >= 0.3 is 27.3 Å². The molecule has 0 radical (unpaired) electrons. The van der Waals surface area contributed by atoms with Gasteiger partial charge < -0.3 is 9.47 Å². The van der Waals surface area contributed by atoms with Crippen molar-refractivity contribution in [3.63, 3.8) is 0 Å². The van der Waals surface area contributed by atoms with Gasteiger partial charge in [0.2, 0.25) is 0 Å². The van der Waals surface area contributed by atoms with Gasteiger partial charge in [0.1, 0.15) is 5.60 Å². The molecule has 7 atom stereocenters. The van der Waals surface area contributed by atoms with E-state index >= 15 is 0 Å². The molecule has 4 aliphatic rings. The first-order valence-corrected chi connectivity index (χ1v) is 10.1. The number of alkyl halides is 2. The van der Waals surface area contributed by atoms with Crippen LogP contribution < -0.4 is 0 Å². The van der Waals surface area contributed by atoms with Crippen molar-refractivity contribution in [2.45, 2.75) is 56.5 Å². The van der Waals surface area contributed by atoms with E-state index in [0.29, 0.717) is 11.8 Å². The Balaban J connectivity index is 1.41. The smallest absolute Gasteiger partial charge is 0.456 e. The van der Waals surface area contributed by atoms with E-state index in [-0.39, 0.29) is 17.3 Å².